The van der Waals surface area contributed by atoms with Crippen LogP contribution in [0.3, 0.4) is 0 Å². The van der Waals surface area contributed by atoms with Gasteiger partial charge in [0.15, 0.2) is 5.78 Å². The molecule has 0 aromatic heterocycles. The fourth-order valence-corrected chi connectivity index (χ4v) is 1.67. The Morgan fingerprint density at radius 1 is 1.44 bits per heavy atom. The largest absolute Gasteiger partial charge is 0.511 e. The minimum Gasteiger partial charge on any atom is -0.511 e. The molecule has 6 heteroatoms. The van der Waals surface area contributed by atoms with E-state index in [1.165, 1.54) is 7.11 Å². The molecule has 0 aromatic rings. The van der Waals surface area contributed by atoms with Gasteiger partial charge in [-0.3, -0.25) is 9.59 Å². The second-order valence-electron chi connectivity index (χ2n) is 4.09. The molecule has 1 aliphatic rings. The highest BCUT2D eigenvalue weighted by atomic mass is 16.5. The molecule has 0 aliphatic carbocycles. The van der Waals surface area contributed by atoms with Crippen molar-refractivity contribution >= 4 is 17.7 Å². The maximum Gasteiger partial charge on any atom is 0.345 e. The van der Waals surface area contributed by atoms with E-state index in [1.807, 2.05) is 0 Å². The highest BCUT2D eigenvalue weighted by Gasteiger charge is 2.32. The van der Waals surface area contributed by atoms with E-state index in [0.29, 0.717) is 6.42 Å². The lowest BCUT2D eigenvalue weighted by molar-refractivity contribution is -0.150. The Kier molecular flexibility index (Phi) is 4.88. The quantitative estimate of drug-likeness (QED) is 0.350. The first kappa shape index (κ1) is 14.2. The van der Waals surface area contributed by atoms with Crippen LogP contribution in [0.15, 0.2) is 11.3 Å². The van der Waals surface area contributed by atoms with Crippen molar-refractivity contribution < 1.29 is 29.0 Å². The molecule has 1 atom stereocenters. The number of rotatable bonds is 4. The van der Waals surface area contributed by atoms with E-state index in [2.05, 4.69) is 4.74 Å². The van der Waals surface area contributed by atoms with Gasteiger partial charge in [0.05, 0.1) is 7.11 Å². The van der Waals surface area contributed by atoms with Crippen LogP contribution in [0, 0.1) is 0 Å². The average Bonchev–Trinajstić information content (AvgIpc) is 2.27. The zero-order valence-electron chi connectivity index (χ0n) is 10.4. The molecule has 18 heavy (non-hydrogen) atoms. The number of allylic oxidation sites excluding steroid dienone is 1. The molecule has 1 aliphatic heterocycles. The fraction of sp³-hybridized carbons (Fsp3) is 0.583. The molecule has 1 saturated heterocycles. The highest BCUT2D eigenvalue weighted by molar-refractivity contribution is 6.19. The molecule has 0 bridgehead atoms. The predicted octanol–water partition coefficient (Wildman–Crippen LogP) is 1.05. The summed E-state index contributed by atoms with van der Waals surface area (Å²) in [5.74, 6) is -1.94. The summed E-state index contributed by atoms with van der Waals surface area (Å²) in [5, 5.41) is 9.69. The third kappa shape index (κ3) is 3.58. The third-order valence-corrected chi connectivity index (χ3v) is 2.57. The monoisotopic (exact) mass is 256 g/mol. The van der Waals surface area contributed by atoms with Crippen LogP contribution in [-0.2, 0) is 23.9 Å². The van der Waals surface area contributed by atoms with Gasteiger partial charge in [-0.15, -0.1) is 0 Å². The first-order chi connectivity index (χ1) is 8.45. The molecule has 0 aromatic carbocycles. The van der Waals surface area contributed by atoms with Gasteiger partial charge in [0, 0.05) is 19.3 Å². The standard InChI is InChI=1S/C12H16O6/c1-7-6-9(14)11(12(16)18-7)8(13)4-3-5-10(15)17-2/h7,13H,3-6H2,1-2H3/b11-8+/t7-/m1/s1. The van der Waals surface area contributed by atoms with E-state index < -0.39 is 23.8 Å². The summed E-state index contributed by atoms with van der Waals surface area (Å²) >= 11 is 0. The van der Waals surface area contributed by atoms with E-state index in [9.17, 15) is 19.5 Å². The maximum absolute atomic E-state index is 11.6. The number of ether oxygens (including phenoxy) is 2. The van der Waals surface area contributed by atoms with E-state index in [0.717, 1.165) is 0 Å². The maximum atomic E-state index is 11.6. The first-order valence-electron chi connectivity index (χ1n) is 5.68. The number of carbonyl (C=O) groups excluding carboxylic acids is 3. The van der Waals surface area contributed by atoms with Crippen LogP contribution in [-0.4, -0.2) is 36.0 Å². The Labute approximate surface area is 105 Å². The number of Topliss-reactive ketones (excluding diaryl/α,β-unsaturated/α-hetero) is 1. The first-order valence-corrected chi connectivity index (χ1v) is 5.68. The Morgan fingerprint density at radius 3 is 2.67 bits per heavy atom. The second-order valence-corrected chi connectivity index (χ2v) is 4.09. The minimum absolute atomic E-state index is 0.0691. The zero-order chi connectivity index (χ0) is 13.7. The van der Waals surface area contributed by atoms with Crippen LogP contribution in [0.1, 0.15) is 32.6 Å². The lowest BCUT2D eigenvalue weighted by Crippen LogP contribution is -2.31. The lowest BCUT2D eigenvalue weighted by Gasteiger charge is -2.20. The topological polar surface area (TPSA) is 89.9 Å². The highest BCUT2D eigenvalue weighted by Crippen LogP contribution is 2.21. The number of hydrogen-bond donors (Lipinski definition) is 1. The number of cyclic esters (lactones) is 1. The average molecular weight is 256 g/mol. The summed E-state index contributed by atoms with van der Waals surface area (Å²) in [7, 11) is 1.27. The predicted molar refractivity (Wildman–Crippen MR) is 60.7 cm³/mol. The van der Waals surface area contributed by atoms with E-state index in [4.69, 9.17) is 4.74 Å². The van der Waals surface area contributed by atoms with Crippen LogP contribution in [0.5, 0.6) is 0 Å². The number of aliphatic hydroxyl groups is 1. The molecule has 1 rings (SSSR count). The summed E-state index contributed by atoms with van der Waals surface area (Å²) in [6, 6.07) is 0. The summed E-state index contributed by atoms with van der Waals surface area (Å²) in [4.78, 5) is 33.9. The van der Waals surface area contributed by atoms with Gasteiger partial charge >= 0.3 is 11.9 Å². The number of hydrogen-bond acceptors (Lipinski definition) is 6. The number of aliphatic hydroxyl groups excluding tert-OH is 1. The molecule has 0 spiro atoms. The summed E-state index contributed by atoms with van der Waals surface area (Å²) < 4.78 is 9.31. The molecule has 1 N–H and O–H groups in total. The van der Waals surface area contributed by atoms with Gasteiger partial charge in [-0.1, -0.05) is 0 Å². The molecule has 1 heterocycles. The van der Waals surface area contributed by atoms with Gasteiger partial charge in [-0.05, 0) is 13.3 Å². The summed E-state index contributed by atoms with van der Waals surface area (Å²) in [6.07, 6.45) is 0.101. The fourth-order valence-electron chi connectivity index (χ4n) is 1.67. The van der Waals surface area contributed by atoms with E-state index in [1.54, 1.807) is 6.92 Å². The Hall–Kier alpha value is -1.85. The molecule has 100 valence electrons. The molecular formula is C12H16O6. The van der Waals surface area contributed by atoms with Gasteiger partial charge in [0.1, 0.15) is 17.4 Å². The van der Waals surface area contributed by atoms with Crippen LogP contribution in [0.25, 0.3) is 0 Å². The van der Waals surface area contributed by atoms with Crippen LogP contribution in [0.2, 0.25) is 0 Å². The number of carbonyl (C=O) groups is 3. The second kappa shape index (κ2) is 6.18. The van der Waals surface area contributed by atoms with Crippen molar-refractivity contribution in [3.8, 4) is 0 Å². The number of ketones is 1. The van der Waals surface area contributed by atoms with E-state index >= 15 is 0 Å². The number of esters is 2. The Morgan fingerprint density at radius 2 is 2.11 bits per heavy atom. The third-order valence-electron chi connectivity index (χ3n) is 2.57. The Bertz CT molecular complexity index is 375. The number of methoxy groups -OCH3 is 1. The van der Waals surface area contributed by atoms with Gasteiger partial charge in [-0.2, -0.15) is 0 Å². The van der Waals surface area contributed by atoms with Crippen LogP contribution >= 0.6 is 0 Å². The SMILES string of the molecule is COC(=O)CCC/C(O)=C1/C(=O)C[C@@H](C)OC1=O. The van der Waals surface area contributed by atoms with E-state index in [-0.39, 0.29) is 30.6 Å². The van der Waals surface area contributed by atoms with Crippen molar-refractivity contribution in [2.24, 2.45) is 0 Å². The lowest BCUT2D eigenvalue weighted by atomic mass is 9.99. The molecular weight excluding hydrogens is 240 g/mol. The molecule has 6 nitrogen and oxygen atoms in total. The molecule has 0 radical (unpaired) electrons. The van der Waals surface area contributed by atoms with Crippen LogP contribution < -0.4 is 0 Å². The Balaban J connectivity index is 2.64. The summed E-state index contributed by atoms with van der Waals surface area (Å²) in [5.41, 5.74) is -0.294. The van der Waals surface area contributed by atoms with Crippen molar-refractivity contribution in [1.29, 1.82) is 0 Å². The van der Waals surface area contributed by atoms with Crippen molar-refractivity contribution in [1.82, 2.24) is 0 Å². The van der Waals surface area contributed by atoms with Gasteiger partial charge in [0.2, 0.25) is 0 Å². The smallest absolute Gasteiger partial charge is 0.345 e. The molecule has 0 saturated carbocycles. The van der Waals surface area contributed by atoms with Crippen molar-refractivity contribution in [3.05, 3.63) is 11.3 Å². The van der Waals surface area contributed by atoms with Gasteiger partial charge in [-0.25, -0.2) is 4.79 Å². The molecule has 1 fully saturated rings. The summed E-state index contributed by atoms with van der Waals surface area (Å²) in [6.45, 7) is 1.61. The molecule has 0 unspecified atom stereocenters. The van der Waals surface area contributed by atoms with Gasteiger partial charge in [0.25, 0.3) is 0 Å². The van der Waals surface area contributed by atoms with Crippen molar-refractivity contribution in [2.75, 3.05) is 7.11 Å². The molecule has 0 amide bonds. The zero-order valence-corrected chi connectivity index (χ0v) is 10.4. The normalized spacial score (nSPS) is 22.4. The van der Waals surface area contributed by atoms with Crippen molar-refractivity contribution in [3.63, 3.8) is 0 Å². The minimum atomic E-state index is -0.797. The van der Waals surface area contributed by atoms with Crippen molar-refractivity contribution in [2.45, 2.75) is 38.7 Å². The van der Waals surface area contributed by atoms with Crippen LogP contribution in [0.4, 0.5) is 0 Å². The van der Waals surface area contributed by atoms with Gasteiger partial charge < -0.3 is 14.6 Å².